The zero-order valence-corrected chi connectivity index (χ0v) is 23.1. The fourth-order valence-corrected chi connectivity index (χ4v) is 4.32. The summed E-state index contributed by atoms with van der Waals surface area (Å²) >= 11 is 0. The average Bonchev–Trinajstić information content (AvgIpc) is 2.72. The molecule has 7 N–H and O–H groups in total. The van der Waals surface area contributed by atoms with Gasteiger partial charge in [0.1, 0.15) is 0 Å². The van der Waals surface area contributed by atoms with E-state index in [1.165, 1.54) is 83.5 Å². The first-order chi connectivity index (χ1) is 15.6. The molecule has 8 nitrogen and oxygen atoms in total. The summed E-state index contributed by atoms with van der Waals surface area (Å²) < 4.78 is 15.0. The molecule has 0 saturated heterocycles. The van der Waals surface area contributed by atoms with E-state index in [0.29, 0.717) is 12.8 Å². The van der Waals surface area contributed by atoms with E-state index in [1.54, 1.807) is 0 Å². The summed E-state index contributed by atoms with van der Waals surface area (Å²) in [5.41, 5.74) is -0.490. The number of aliphatic hydroxyl groups is 1. The Morgan fingerprint density at radius 2 is 1.26 bits per heavy atom. The van der Waals surface area contributed by atoms with Crippen molar-refractivity contribution in [3.8, 4) is 0 Å². The molecule has 34 heavy (non-hydrogen) atoms. The van der Waals surface area contributed by atoms with Crippen LogP contribution in [0.25, 0.3) is 0 Å². The Morgan fingerprint density at radius 1 is 0.853 bits per heavy atom. The summed E-state index contributed by atoms with van der Waals surface area (Å²) in [5.74, 6) is 0.00986. The lowest BCUT2D eigenvalue weighted by Crippen LogP contribution is -2.44. The number of rotatable bonds is 23. The smallest absolute Gasteiger partial charge is 0.391 e. The van der Waals surface area contributed by atoms with E-state index in [0.717, 1.165) is 12.8 Å². The van der Waals surface area contributed by atoms with Crippen LogP contribution in [0, 0.1) is 0 Å². The largest absolute Gasteiger partial charge is 0.469 e. The highest BCUT2D eigenvalue weighted by atomic mass is 31.2. The van der Waals surface area contributed by atoms with E-state index in [4.69, 9.17) is 9.79 Å². The Bertz CT molecular complexity index is 528. The fourth-order valence-electron chi connectivity index (χ4n) is 3.95. The van der Waals surface area contributed by atoms with Gasteiger partial charge in [-0.1, -0.05) is 96.8 Å². The topological polar surface area (TPSA) is 151 Å². The van der Waals surface area contributed by atoms with Crippen molar-refractivity contribution >= 4 is 13.7 Å². The molecule has 0 saturated carbocycles. The Kier molecular flexibility index (Phi) is 22.8. The van der Waals surface area contributed by atoms with Crippen molar-refractivity contribution in [3.63, 3.8) is 0 Å². The standard InChI is InChI=1S/C25H52NO6P.H3N/c1-4-5-6-7-8-9-10-11-12-13-14-15-16-17-18-19-24(28)26-25(2,3)21-20-23(27)22-32-33(29,30)31;/h23,27H,4-22H2,1-3H3,(H,26,28)(H2,29,30,31);1H3. The Labute approximate surface area is 208 Å². The van der Waals surface area contributed by atoms with Crippen LogP contribution in [0.5, 0.6) is 0 Å². The molecule has 1 amide bonds. The maximum atomic E-state index is 12.2. The lowest BCUT2D eigenvalue weighted by Gasteiger charge is -2.27. The number of unbranched alkanes of at least 4 members (excludes halogenated alkanes) is 14. The van der Waals surface area contributed by atoms with Crippen LogP contribution in [0.3, 0.4) is 0 Å². The Hall–Kier alpha value is -0.500. The minimum atomic E-state index is -4.57. The average molecular weight is 511 g/mol. The van der Waals surface area contributed by atoms with Gasteiger partial charge in [0.15, 0.2) is 0 Å². The number of phosphoric acid groups is 1. The third-order valence-electron chi connectivity index (χ3n) is 6.02. The number of aliphatic hydroxyl groups excluding tert-OH is 1. The van der Waals surface area contributed by atoms with E-state index >= 15 is 0 Å². The van der Waals surface area contributed by atoms with Gasteiger partial charge in [0.05, 0.1) is 12.7 Å². The molecule has 0 rings (SSSR count). The van der Waals surface area contributed by atoms with Crippen LogP contribution >= 0.6 is 7.82 Å². The van der Waals surface area contributed by atoms with Gasteiger partial charge in [0.25, 0.3) is 0 Å². The number of amides is 1. The van der Waals surface area contributed by atoms with Gasteiger partial charge >= 0.3 is 7.82 Å². The van der Waals surface area contributed by atoms with Crippen molar-refractivity contribution in [2.45, 2.75) is 148 Å². The summed E-state index contributed by atoms with van der Waals surface area (Å²) in [4.78, 5) is 29.5. The number of hydrogen-bond acceptors (Lipinski definition) is 5. The molecule has 1 unspecified atom stereocenters. The van der Waals surface area contributed by atoms with Crippen LogP contribution in [0.1, 0.15) is 136 Å². The van der Waals surface area contributed by atoms with E-state index in [9.17, 15) is 14.5 Å². The number of carbonyl (C=O) groups excluding carboxylic acids is 1. The molecule has 9 heteroatoms. The van der Waals surface area contributed by atoms with Gasteiger partial charge in [-0.15, -0.1) is 0 Å². The molecule has 0 aromatic heterocycles. The Balaban J connectivity index is 0. The van der Waals surface area contributed by atoms with Gasteiger partial charge in [-0.3, -0.25) is 9.32 Å². The lowest BCUT2D eigenvalue weighted by molar-refractivity contribution is -0.122. The van der Waals surface area contributed by atoms with Crippen LogP contribution in [0.15, 0.2) is 0 Å². The zero-order chi connectivity index (χ0) is 25.0. The van der Waals surface area contributed by atoms with Crippen LogP contribution in [0.2, 0.25) is 0 Å². The van der Waals surface area contributed by atoms with Gasteiger partial charge in [0, 0.05) is 12.0 Å². The molecule has 0 aromatic rings. The third kappa shape index (κ3) is 26.1. The van der Waals surface area contributed by atoms with Crippen molar-refractivity contribution in [1.82, 2.24) is 11.5 Å². The zero-order valence-electron chi connectivity index (χ0n) is 22.2. The highest BCUT2D eigenvalue weighted by Gasteiger charge is 2.23. The van der Waals surface area contributed by atoms with Crippen molar-refractivity contribution < 1.29 is 28.8 Å². The first kappa shape index (κ1) is 35.7. The second kappa shape index (κ2) is 21.8. The SMILES string of the molecule is CCCCCCCCCCCCCCCCCC(=O)NC(C)(C)CCC(O)COP(=O)(O)O.N. The monoisotopic (exact) mass is 510 g/mol. The van der Waals surface area contributed by atoms with E-state index in [-0.39, 0.29) is 18.5 Å². The molecule has 0 spiro atoms. The summed E-state index contributed by atoms with van der Waals surface area (Å²) in [6, 6.07) is 0. The van der Waals surface area contributed by atoms with Gasteiger partial charge in [-0.25, -0.2) is 4.57 Å². The minimum Gasteiger partial charge on any atom is -0.391 e. The van der Waals surface area contributed by atoms with Gasteiger partial charge in [0.2, 0.25) is 5.91 Å². The Morgan fingerprint density at radius 3 is 1.68 bits per heavy atom. The minimum absolute atomic E-state index is 0. The highest BCUT2D eigenvalue weighted by Crippen LogP contribution is 2.36. The molecule has 0 aliphatic rings. The lowest BCUT2D eigenvalue weighted by atomic mass is 9.96. The normalized spacial score (nSPS) is 12.9. The molecule has 0 radical (unpaired) electrons. The summed E-state index contributed by atoms with van der Waals surface area (Å²) in [6.07, 6.45) is 19.7. The number of phosphoric ester groups is 1. The molecule has 0 aromatic carbocycles. The second-order valence-corrected chi connectivity index (χ2v) is 11.4. The van der Waals surface area contributed by atoms with Crippen molar-refractivity contribution in [2.75, 3.05) is 6.61 Å². The molecule has 0 fully saturated rings. The number of nitrogens with one attached hydrogen (secondary N) is 1. The fraction of sp³-hybridized carbons (Fsp3) is 0.960. The maximum Gasteiger partial charge on any atom is 0.469 e. The molecular formula is C25H55N2O6P. The van der Waals surface area contributed by atoms with E-state index in [1.807, 2.05) is 13.8 Å². The predicted octanol–water partition coefficient (Wildman–Crippen LogP) is 6.56. The predicted molar refractivity (Wildman–Crippen MR) is 140 cm³/mol. The highest BCUT2D eigenvalue weighted by molar-refractivity contribution is 7.46. The molecular weight excluding hydrogens is 455 g/mol. The van der Waals surface area contributed by atoms with Crippen LogP contribution in [-0.2, 0) is 13.9 Å². The number of hydrogen-bond donors (Lipinski definition) is 5. The molecule has 0 heterocycles. The van der Waals surface area contributed by atoms with Gasteiger partial charge < -0.3 is 26.4 Å². The molecule has 0 bridgehead atoms. The van der Waals surface area contributed by atoms with Crippen molar-refractivity contribution in [1.29, 1.82) is 0 Å². The maximum absolute atomic E-state index is 12.2. The second-order valence-electron chi connectivity index (χ2n) is 10.1. The van der Waals surface area contributed by atoms with E-state index < -0.39 is 26.1 Å². The quantitative estimate of drug-likeness (QED) is 0.0771. The molecule has 206 valence electrons. The first-order valence-electron chi connectivity index (χ1n) is 13.2. The molecule has 1 atom stereocenters. The van der Waals surface area contributed by atoms with Crippen LogP contribution in [-0.4, -0.2) is 39.1 Å². The first-order valence-corrected chi connectivity index (χ1v) is 14.8. The summed E-state index contributed by atoms with van der Waals surface area (Å²) in [6.45, 7) is 5.60. The van der Waals surface area contributed by atoms with Crippen LogP contribution in [0.4, 0.5) is 0 Å². The number of carbonyl (C=O) groups is 1. The third-order valence-corrected chi connectivity index (χ3v) is 6.51. The summed E-state index contributed by atoms with van der Waals surface area (Å²) in [5, 5.41) is 12.8. The van der Waals surface area contributed by atoms with Gasteiger partial charge in [-0.05, 0) is 33.1 Å². The van der Waals surface area contributed by atoms with E-state index in [2.05, 4.69) is 16.8 Å². The van der Waals surface area contributed by atoms with Crippen molar-refractivity contribution in [3.05, 3.63) is 0 Å². The van der Waals surface area contributed by atoms with Crippen LogP contribution < -0.4 is 11.5 Å². The molecule has 0 aliphatic carbocycles. The van der Waals surface area contributed by atoms with Gasteiger partial charge in [-0.2, -0.15) is 0 Å². The summed E-state index contributed by atoms with van der Waals surface area (Å²) in [7, 11) is -4.57. The molecule has 0 aliphatic heterocycles. The van der Waals surface area contributed by atoms with Crippen molar-refractivity contribution in [2.24, 2.45) is 0 Å².